The van der Waals surface area contributed by atoms with Crippen molar-refractivity contribution in [2.75, 3.05) is 6.54 Å². The first-order valence-corrected chi connectivity index (χ1v) is 7.11. The molecule has 0 spiro atoms. The largest absolute Gasteiger partial charge is 0.493 e. The summed E-state index contributed by atoms with van der Waals surface area (Å²) in [6.07, 6.45) is 7.37. The molecule has 0 fully saturated rings. The third kappa shape index (κ3) is 3.05. The minimum atomic E-state index is -0.635. The molecule has 23 heavy (non-hydrogen) atoms. The Labute approximate surface area is 131 Å². The van der Waals surface area contributed by atoms with Gasteiger partial charge in [-0.25, -0.2) is 4.98 Å². The van der Waals surface area contributed by atoms with Crippen LogP contribution in [0.1, 0.15) is 16.8 Å². The average molecular weight is 313 g/mol. The summed E-state index contributed by atoms with van der Waals surface area (Å²) in [7, 11) is 0. The molecule has 1 amide bonds. The maximum absolute atomic E-state index is 12.3. The average Bonchev–Trinajstić information content (AvgIpc) is 3.05. The summed E-state index contributed by atoms with van der Waals surface area (Å²) in [5, 5.41) is 12.5. The molecule has 2 N–H and O–H groups in total. The number of carbonyl (C=O) groups is 1. The van der Waals surface area contributed by atoms with E-state index in [9.17, 15) is 14.7 Å². The Kier molecular flexibility index (Phi) is 4.05. The van der Waals surface area contributed by atoms with Gasteiger partial charge in [-0.2, -0.15) is 4.98 Å². The summed E-state index contributed by atoms with van der Waals surface area (Å²) in [4.78, 5) is 32.2. The SMILES string of the molecule is O=C(NCCCn1ccnc1)c1c(O)nc2ccccn2c1=O. The standard InChI is InChI=1S/C15H15N5O3/c21-13(17-5-3-7-19-9-6-16-10-19)12-14(22)18-11-4-1-2-8-20(11)15(12)23/h1-2,4,6,8-10,22H,3,5,7H2,(H,17,21). The second-order valence-electron chi connectivity index (χ2n) is 4.95. The molecule has 8 nitrogen and oxygen atoms in total. The zero-order valence-corrected chi connectivity index (χ0v) is 12.2. The van der Waals surface area contributed by atoms with Crippen molar-refractivity contribution in [3.8, 4) is 5.88 Å². The van der Waals surface area contributed by atoms with Crippen molar-refractivity contribution in [1.29, 1.82) is 0 Å². The number of carbonyl (C=O) groups excluding carboxylic acids is 1. The molecule has 3 aromatic rings. The minimum absolute atomic E-state index is 0.284. The van der Waals surface area contributed by atoms with Crippen LogP contribution >= 0.6 is 0 Å². The highest BCUT2D eigenvalue weighted by Crippen LogP contribution is 2.10. The van der Waals surface area contributed by atoms with E-state index in [0.29, 0.717) is 19.5 Å². The molecular formula is C15H15N5O3. The molecule has 3 rings (SSSR count). The number of aromatic hydroxyl groups is 1. The lowest BCUT2D eigenvalue weighted by Gasteiger charge is -2.08. The van der Waals surface area contributed by atoms with Crippen LogP contribution < -0.4 is 10.9 Å². The Morgan fingerprint density at radius 2 is 2.17 bits per heavy atom. The minimum Gasteiger partial charge on any atom is -0.493 e. The van der Waals surface area contributed by atoms with Gasteiger partial charge in [0.15, 0.2) is 5.56 Å². The van der Waals surface area contributed by atoms with Crippen LogP contribution in [0.5, 0.6) is 5.88 Å². The van der Waals surface area contributed by atoms with Gasteiger partial charge in [0.05, 0.1) is 6.33 Å². The lowest BCUT2D eigenvalue weighted by atomic mass is 10.2. The molecule has 8 heteroatoms. The number of nitrogens with zero attached hydrogens (tertiary/aromatic N) is 4. The van der Waals surface area contributed by atoms with E-state index >= 15 is 0 Å². The number of amides is 1. The molecule has 0 bridgehead atoms. The van der Waals surface area contributed by atoms with E-state index in [0.717, 1.165) is 0 Å². The van der Waals surface area contributed by atoms with Crippen LogP contribution in [-0.4, -0.2) is 36.5 Å². The van der Waals surface area contributed by atoms with E-state index < -0.39 is 17.3 Å². The molecule has 0 unspecified atom stereocenters. The molecule has 0 aliphatic rings. The molecule has 3 heterocycles. The summed E-state index contributed by atoms with van der Waals surface area (Å²) in [6.45, 7) is 1.06. The van der Waals surface area contributed by atoms with Crippen molar-refractivity contribution in [2.24, 2.45) is 0 Å². The Morgan fingerprint density at radius 1 is 1.30 bits per heavy atom. The zero-order chi connectivity index (χ0) is 16.2. The van der Waals surface area contributed by atoms with Crippen molar-refractivity contribution in [3.63, 3.8) is 0 Å². The van der Waals surface area contributed by atoms with E-state index in [1.165, 1.54) is 10.6 Å². The van der Waals surface area contributed by atoms with Gasteiger partial charge in [0.25, 0.3) is 11.5 Å². The van der Waals surface area contributed by atoms with E-state index in [-0.39, 0.29) is 11.2 Å². The first-order chi connectivity index (χ1) is 11.2. The number of aromatic nitrogens is 4. The van der Waals surface area contributed by atoms with Crippen molar-refractivity contribution < 1.29 is 9.90 Å². The molecular weight excluding hydrogens is 298 g/mol. The molecule has 118 valence electrons. The number of hydrogen-bond donors (Lipinski definition) is 2. The molecule has 0 saturated heterocycles. The van der Waals surface area contributed by atoms with Gasteiger partial charge in [-0.15, -0.1) is 0 Å². The van der Waals surface area contributed by atoms with E-state index in [1.807, 2.05) is 10.8 Å². The number of aryl methyl sites for hydroxylation is 1. The Hall–Kier alpha value is -3.16. The predicted octanol–water partition coefficient (Wildman–Crippen LogP) is 0.417. The Morgan fingerprint density at radius 3 is 2.96 bits per heavy atom. The molecule has 0 aliphatic heterocycles. The summed E-state index contributed by atoms with van der Waals surface area (Å²) in [5.74, 6) is -1.20. The van der Waals surface area contributed by atoms with Gasteiger partial charge in [0.2, 0.25) is 5.88 Å². The lowest BCUT2D eigenvalue weighted by Crippen LogP contribution is -2.32. The van der Waals surface area contributed by atoms with Crippen LogP contribution in [0.2, 0.25) is 0 Å². The molecule has 0 saturated carbocycles. The van der Waals surface area contributed by atoms with Crippen LogP contribution in [0.3, 0.4) is 0 Å². The fourth-order valence-electron chi connectivity index (χ4n) is 2.25. The van der Waals surface area contributed by atoms with Gasteiger partial charge >= 0.3 is 0 Å². The lowest BCUT2D eigenvalue weighted by molar-refractivity contribution is 0.0947. The van der Waals surface area contributed by atoms with E-state index in [4.69, 9.17) is 0 Å². The summed E-state index contributed by atoms with van der Waals surface area (Å²) >= 11 is 0. The van der Waals surface area contributed by atoms with Crippen LogP contribution in [0.15, 0.2) is 47.9 Å². The molecule has 0 aliphatic carbocycles. The smallest absolute Gasteiger partial charge is 0.274 e. The monoisotopic (exact) mass is 313 g/mol. The van der Waals surface area contributed by atoms with Gasteiger partial charge in [-0.05, 0) is 18.6 Å². The second-order valence-corrected chi connectivity index (χ2v) is 4.95. The van der Waals surface area contributed by atoms with E-state index in [1.54, 1.807) is 30.7 Å². The third-order valence-electron chi connectivity index (χ3n) is 3.38. The van der Waals surface area contributed by atoms with Crippen molar-refractivity contribution >= 4 is 11.6 Å². The van der Waals surface area contributed by atoms with Crippen molar-refractivity contribution in [3.05, 3.63) is 59.0 Å². The molecule has 0 atom stereocenters. The van der Waals surface area contributed by atoms with Crippen LogP contribution in [0.25, 0.3) is 5.65 Å². The van der Waals surface area contributed by atoms with Gasteiger partial charge in [-0.3, -0.25) is 14.0 Å². The highest BCUT2D eigenvalue weighted by molar-refractivity contribution is 5.96. The van der Waals surface area contributed by atoms with Crippen molar-refractivity contribution in [1.82, 2.24) is 24.3 Å². The molecule has 3 aromatic heterocycles. The predicted molar refractivity (Wildman–Crippen MR) is 82.3 cm³/mol. The fraction of sp³-hybridized carbons (Fsp3) is 0.200. The highest BCUT2D eigenvalue weighted by atomic mass is 16.3. The van der Waals surface area contributed by atoms with Gasteiger partial charge in [-0.1, -0.05) is 6.07 Å². The Bertz CT molecular complexity index is 886. The summed E-state index contributed by atoms with van der Waals surface area (Å²) in [6, 6.07) is 4.92. The fourth-order valence-corrected chi connectivity index (χ4v) is 2.25. The van der Waals surface area contributed by atoms with Crippen LogP contribution in [0.4, 0.5) is 0 Å². The van der Waals surface area contributed by atoms with E-state index in [2.05, 4.69) is 15.3 Å². The second kappa shape index (κ2) is 6.30. The number of imidazole rings is 1. The first kappa shape index (κ1) is 14.8. The number of rotatable bonds is 5. The molecule has 0 aromatic carbocycles. The first-order valence-electron chi connectivity index (χ1n) is 7.11. The van der Waals surface area contributed by atoms with Gasteiger partial charge in [0.1, 0.15) is 5.65 Å². The quantitative estimate of drug-likeness (QED) is 0.665. The van der Waals surface area contributed by atoms with Crippen LogP contribution in [0, 0.1) is 0 Å². The number of hydrogen-bond acceptors (Lipinski definition) is 5. The molecule has 0 radical (unpaired) electrons. The number of fused-ring (bicyclic) bond motifs is 1. The van der Waals surface area contributed by atoms with Crippen LogP contribution in [-0.2, 0) is 6.54 Å². The van der Waals surface area contributed by atoms with Crippen molar-refractivity contribution in [2.45, 2.75) is 13.0 Å². The van der Waals surface area contributed by atoms with Gasteiger partial charge in [0, 0.05) is 31.7 Å². The van der Waals surface area contributed by atoms with Gasteiger partial charge < -0.3 is 15.0 Å². The third-order valence-corrected chi connectivity index (χ3v) is 3.38. The number of nitrogens with one attached hydrogen (secondary N) is 1. The summed E-state index contributed by atoms with van der Waals surface area (Å²) in [5.41, 5.74) is -0.664. The topological polar surface area (TPSA) is 102 Å². The normalized spacial score (nSPS) is 10.8. The number of pyridine rings is 1. The maximum atomic E-state index is 12.3. The maximum Gasteiger partial charge on any atom is 0.274 e. The Balaban J connectivity index is 1.72. The highest BCUT2D eigenvalue weighted by Gasteiger charge is 2.19. The zero-order valence-electron chi connectivity index (χ0n) is 12.2. The summed E-state index contributed by atoms with van der Waals surface area (Å²) < 4.78 is 3.11.